The molecule has 1 aliphatic heterocycles. The van der Waals surface area contributed by atoms with E-state index in [0.29, 0.717) is 24.2 Å². The fourth-order valence-corrected chi connectivity index (χ4v) is 2.00. The minimum absolute atomic E-state index is 0.103. The van der Waals surface area contributed by atoms with E-state index in [0.717, 1.165) is 0 Å². The molecule has 2 rings (SSSR count). The topological polar surface area (TPSA) is 55.1 Å². The Morgan fingerprint density at radius 3 is 2.93 bits per heavy atom. The number of fused-ring (bicyclic) bond motifs is 1. The number of nitrogens with one attached hydrogen (secondary N) is 1. The largest absolute Gasteiger partial charge is 0.330 e. The second kappa shape index (κ2) is 3.31. The Balaban J connectivity index is 2.52. The van der Waals surface area contributed by atoms with Crippen LogP contribution in [-0.2, 0) is 10.2 Å². The maximum Gasteiger partial charge on any atom is 0.234 e. The Bertz CT molecular complexity index is 419. The van der Waals surface area contributed by atoms with Gasteiger partial charge in [0.05, 0.1) is 5.41 Å². The van der Waals surface area contributed by atoms with Crippen molar-refractivity contribution in [1.82, 2.24) is 0 Å². The van der Waals surface area contributed by atoms with Gasteiger partial charge in [-0.3, -0.25) is 4.79 Å². The number of rotatable bonds is 2. The van der Waals surface area contributed by atoms with Crippen LogP contribution in [0.1, 0.15) is 18.9 Å². The third-order valence-corrected chi connectivity index (χ3v) is 2.97. The van der Waals surface area contributed by atoms with Gasteiger partial charge in [0.15, 0.2) is 0 Å². The Morgan fingerprint density at radius 1 is 1.53 bits per heavy atom. The summed E-state index contributed by atoms with van der Waals surface area (Å²) in [5.74, 6) is -0.429. The van der Waals surface area contributed by atoms with Crippen LogP contribution in [0.3, 0.4) is 0 Å². The summed E-state index contributed by atoms with van der Waals surface area (Å²) >= 11 is 0. The summed E-state index contributed by atoms with van der Waals surface area (Å²) in [4.78, 5) is 11.8. The predicted octanol–water partition coefficient (Wildman–Crippen LogP) is 1.38. The Hall–Kier alpha value is -1.42. The summed E-state index contributed by atoms with van der Waals surface area (Å²) in [5.41, 5.74) is 6.19. The highest BCUT2D eigenvalue weighted by atomic mass is 19.1. The van der Waals surface area contributed by atoms with Crippen molar-refractivity contribution >= 4 is 11.6 Å². The van der Waals surface area contributed by atoms with Crippen LogP contribution in [-0.4, -0.2) is 12.5 Å². The van der Waals surface area contributed by atoms with Crippen LogP contribution in [0.25, 0.3) is 0 Å². The summed E-state index contributed by atoms with van der Waals surface area (Å²) in [6, 6.07) is 4.33. The Morgan fingerprint density at radius 2 is 2.27 bits per heavy atom. The minimum atomic E-state index is -0.688. The van der Waals surface area contributed by atoms with E-state index in [4.69, 9.17) is 5.73 Å². The van der Waals surface area contributed by atoms with Crippen molar-refractivity contribution in [2.75, 3.05) is 11.9 Å². The van der Waals surface area contributed by atoms with E-state index in [9.17, 15) is 9.18 Å². The normalized spacial score (nSPS) is 23.8. The van der Waals surface area contributed by atoms with Gasteiger partial charge in [-0.15, -0.1) is 0 Å². The van der Waals surface area contributed by atoms with Crippen LogP contribution in [0.2, 0.25) is 0 Å². The number of carbonyl (C=O) groups is 1. The van der Waals surface area contributed by atoms with Crippen molar-refractivity contribution in [1.29, 1.82) is 0 Å². The van der Waals surface area contributed by atoms with Gasteiger partial charge in [-0.1, -0.05) is 0 Å². The van der Waals surface area contributed by atoms with Crippen LogP contribution in [0.5, 0.6) is 0 Å². The van der Waals surface area contributed by atoms with Gasteiger partial charge in [0.25, 0.3) is 0 Å². The van der Waals surface area contributed by atoms with Crippen LogP contribution >= 0.6 is 0 Å². The van der Waals surface area contributed by atoms with Crippen molar-refractivity contribution in [3.8, 4) is 0 Å². The van der Waals surface area contributed by atoms with Crippen LogP contribution in [0.15, 0.2) is 18.2 Å². The molecular weight excluding hydrogens is 195 g/mol. The highest BCUT2D eigenvalue weighted by molar-refractivity contribution is 6.05. The standard InChI is InChI=1S/C11H13FN2O/c1-11(4-5-13)8-6-7(12)2-3-9(8)14-10(11)15/h2-3,6H,4-5,13H2,1H3,(H,14,15). The van der Waals surface area contributed by atoms with E-state index < -0.39 is 5.41 Å². The van der Waals surface area contributed by atoms with Crippen molar-refractivity contribution in [3.05, 3.63) is 29.6 Å². The summed E-state index contributed by atoms with van der Waals surface area (Å²) < 4.78 is 13.1. The molecule has 1 atom stereocenters. The molecule has 3 N–H and O–H groups in total. The molecular formula is C11H13FN2O. The first-order chi connectivity index (χ1) is 7.08. The number of anilines is 1. The highest BCUT2D eigenvalue weighted by Crippen LogP contribution is 2.39. The molecule has 1 amide bonds. The quantitative estimate of drug-likeness (QED) is 0.771. The second-order valence-electron chi connectivity index (χ2n) is 4.01. The molecule has 0 aromatic heterocycles. The first-order valence-electron chi connectivity index (χ1n) is 4.89. The van der Waals surface area contributed by atoms with Gasteiger partial charge in [0, 0.05) is 5.69 Å². The van der Waals surface area contributed by atoms with E-state index in [1.807, 2.05) is 0 Å². The summed E-state index contributed by atoms with van der Waals surface area (Å²) in [7, 11) is 0. The van der Waals surface area contributed by atoms with Crippen molar-refractivity contribution in [3.63, 3.8) is 0 Å². The average molecular weight is 208 g/mol. The zero-order valence-electron chi connectivity index (χ0n) is 8.51. The van der Waals surface area contributed by atoms with Gasteiger partial charge < -0.3 is 11.1 Å². The maximum absolute atomic E-state index is 13.1. The average Bonchev–Trinajstić information content (AvgIpc) is 2.42. The molecule has 3 nitrogen and oxygen atoms in total. The van der Waals surface area contributed by atoms with E-state index in [1.165, 1.54) is 12.1 Å². The molecule has 1 heterocycles. The molecule has 0 saturated heterocycles. The van der Waals surface area contributed by atoms with E-state index in [1.54, 1.807) is 13.0 Å². The number of halogens is 1. The van der Waals surface area contributed by atoms with Gasteiger partial charge in [-0.25, -0.2) is 4.39 Å². The molecule has 1 aromatic carbocycles. The number of hydrogen-bond acceptors (Lipinski definition) is 2. The lowest BCUT2D eigenvalue weighted by Gasteiger charge is -2.20. The molecule has 0 aliphatic carbocycles. The third-order valence-electron chi connectivity index (χ3n) is 2.97. The number of carbonyl (C=O) groups excluding carboxylic acids is 1. The highest BCUT2D eigenvalue weighted by Gasteiger charge is 2.41. The third kappa shape index (κ3) is 1.41. The molecule has 0 radical (unpaired) electrons. The molecule has 4 heteroatoms. The lowest BCUT2D eigenvalue weighted by Crippen LogP contribution is -2.33. The van der Waals surface area contributed by atoms with Crippen molar-refractivity contribution in [2.24, 2.45) is 5.73 Å². The van der Waals surface area contributed by atoms with Crippen molar-refractivity contribution < 1.29 is 9.18 Å². The first kappa shape index (κ1) is 10.1. The van der Waals surface area contributed by atoms with Gasteiger partial charge in [-0.2, -0.15) is 0 Å². The molecule has 0 fully saturated rings. The van der Waals surface area contributed by atoms with Gasteiger partial charge >= 0.3 is 0 Å². The fourth-order valence-electron chi connectivity index (χ4n) is 2.00. The molecule has 0 spiro atoms. The lowest BCUT2D eigenvalue weighted by molar-refractivity contribution is -0.120. The molecule has 1 unspecified atom stereocenters. The van der Waals surface area contributed by atoms with Crippen LogP contribution in [0.4, 0.5) is 10.1 Å². The molecule has 1 aromatic rings. The van der Waals surface area contributed by atoms with Crippen LogP contribution < -0.4 is 11.1 Å². The van der Waals surface area contributed by atoms with E-state index >= 15 is 0 Å². The zero-order chi connectivity index (χ0) is 11.1. The molecule has 15 heavy (non-hydrogen) atoms. The van der Waals surface area contributed by atoms with Crippen LogP contribution in [0, 0.1) is 5.82 Å². The molecule has 1 aliphatic rings. The number of amides is 1. The molecule has 0 saturated carbocycles. The number of hydrogen-bond donors (Lipinski definition) is 2. The fraction of sp³-hybridized carbons (Fsp3) is 0.364. The minimum Gasteiger partial charge on any atom is -0.330 e. The molecule has 0 bridgehead atoms. The van der Waals surface area contributed by atoms with Gasteiger partial charge in [-0.05, 0) is 43.7 Å². The second-order valence-corrected chi connectivity index (χ2v) is 4.01. The first-order valence-corrected chi connectivity index (χ1v) is 4.89. The lowest BCUT2D eigenvalue weighted by atomic mass is 9.81. The predicted molar refractivity (Wildman–Crippen MR) is 56.1 cm³/mol. The monoisotopic (exact) mass is 208 g/mol. The Labute approximate surface area is 87.5 Å². The van der Waals surface area contributed by atoms with Crippen molar-refractivity contribution in [2.45, 2.75) is 18.8 Å². The van der Waals surface area contributed by atoms with Gasteiger partial charge in [0.2, 0.25) is 5.91 Å². The molecule has 80 valence electrons. The summed E-state index contributed by atoms with van der Waals surface area (Å²) in [6.45, 7) is 2.19. The van der Waals surface area contributed by atoms with Gasteiger partial charge in [0.1, 0.15) is 5.82 Å². The summed E-state index contributed by atoms with van der Waals surface area (Å²) in [6.07, 6.45) is 0.523. The van der Waals surface area contributed by atoms with E-state index in [-0.39, 0.29) is 11.7 Å². The number of nitrogens with two attached hydrogens (primary N) is 1. The maximum atomic E-state index is 13.1. The SMILES string of the molecule is CC1(CCN)C(=O)Nc2ccc(F)cc21. The smallest absolute Gasteiger partial charge is 0.234 e. The Kier molecular flexibility index (Phi) is 2.23. The zero-order valence-corrected chi connectivity index (χ0v) is 8.51. The summed E-state index contributed by atoms with van der Waals surface area (Å²) in [5, 5.41) is 2.74. The van der Waals surface area contributed by atoms with E-state index in [2.05, 4.69) is 5.32 Å². The number of benzene rings is 1.